The lowest BCUT2D eigenvalue weighted by Gasteiger charge is -2.30. The van der Waals surface area contributed by atoms with Gasteiger partial charge in [0.05, 0.1) is 5.41 Å². The SMILES string of the molecule is c1ccc(-c2nc(-c3ccc4c(c3)-c3ccccc3C43c4ccccc4-c4ccccc43)nc(-c3ccc4sc5ccccc5c4c3)n2)cc1. The molecule has 3 nitrogen and oxygen atoms in total. The van der Waals surface area contributed by atoms with Gasteiger partial charge in [-0.15, -0.1) is 11.3 Å². The van der Waals surface area contributed by atoms with Crippen LogP contribution in [0.2, 0.25) is 0 Å². The van der Waals surface area contributed by atoms with Gasteiger partial charge in [-0.05, 0) is 74.8 Å². The van der Waals surface area contributed by atoms with Crippen molar-refractivity contribution in [3.63, 3.8) is 0 Å². The fourth-order valence-electron chi connectivity index (χ4n) is 8.45. The highest BCUT2D eigenvalue weighted by molar-refractivity contribution is 7.25. The standard InChI is InChI=1S/C46H27N3S/c1-2-12-28(13-3-1)43-47-44(49-45(48-43)30-23-25-42-36(27-30)34-17-7-11-21-41(34)50-42)29-22-24-40-35(26-29)33-16-6-10-20-39(33)46(40)37-18-8-4-14-31(37)32-15-5-9-19-38(32)46/h1-27H. The van der Waals surface area contributed by atoms with Crippen molar-refractivity contribution in [1.82, 2.24) is 15.0 Å². The molecule has 0 N–H and O–H groups in total. The molecule has 4 heteroatoms. The Bertz CT molecular complexity index is 2790. The van der Waals surface area contributed by atoms with E-state index in [-0.39, 0.29) is 5.41 Å². The van der Waals surface area contributed by atoms with Crippen LogP contribution in [0.15, 0.2) is 164 Å². The van der Waals surface area contributed by atoms with Gasteiger partial charge in [-0.3, -0.25) is 0 Å². The summed E-state index contributed by atoms with van der Waals surface area (Å²) in [5.74, 6) is 2.00. The Balaban J connectivity index is 1.14. The van der Waals surface area contributed by atoms with Crippen molar-refractivity contribution in [3.8, 4) is 56.4 Å². The fraction of sp³-hybridized carbons (Fsp3) is 0.0217. The van der Waals surface area contributed by atoms with Gasteiger partial charge >= 0.3 is 0 Å². The van der Waals surface area contributed by atoms with Gasteiger partial charge in [0.2, 0.25) is 0 Å². The van der Waals surface area contributed by atoms with Crippen LogP contribution in [0.5, 0.6) is 0 Å². The third-order valence-electron chi connectivity index (χ3n) is 10.6. The molecule has 0 radical (unpaired) electrons. The van der Waals surface area contributed by atoms with Crippen molar-refractivity contribution in [2.24, 2.45) is 0 Å². The summed E-state index contributed by atoms with van der Waals surface area (Å²) in [4.78, 5) is 15.4. The number of hydrogen-bond donors (Lipinski definition) is 0. The number of rotatable bonds is 3. The summed E-state index contributed by atoms with van der Waals surface area (Å²) >= 11 is 1.82. The monoisotopic (exact) mass is 653 g/mol. The van der Waals surface area contributed by atoms with Crippen LogP contribution >= 0.6 is 11.3 Å². The van der Waals surface area contributed by atoms with E-state index in [0.29, 0.717) is 17.5 Å². The van der Waals surface area contributed by atoms with Crippen molar-refractivity contribution in [2.75, 3.05) is 0 Å². The average Bonchev–Trinajstić information content (AvgIpc) is 3.82. The fourth-order valence-corrected chi connectivity index (χ4v) is 9.54. The number of thiophene rings is 1. The molecule has 2 heterocycles. The third-order valence-corrected chi connectivity index (χ3v) is 11.7. The first-order valence-corrected chi connectivity index (χ1v) is 17.8. The minimum atomic E-state index is -0.379. The first-order chi connectivity index (χ1) is 24.8. The van der Waals surface area contributed by atoms with Crippen LogP contribution in [0.1, 0.15) is 22.3 Å². The van der Waals surface area contributed by atoms with Gasteiger partial charge < -0.3 is 0 Å². The number of nitrogens with zero attached hydrogens (tertiary/aromatic N) is 3. The smallest absolute Gasteiger partial charge is 0.164 e. The molecular formula is C46H27N3S. The molecule has 0 saturated carbocycles. The molecule has 0 aliphatic heterocycles. The molecule has 0 saturated heterocycles. The van der Waals surface area contributed by atoms with E-state index in [4.69, 9.17) is 15.0 Å². The second-order valence-electron chi connectivity index (χ2n) is 13.1. The molecule has 11 rings (SSSR count). The minimum absolute atomic E-state index is 0.379. The zero-order valence-corrected chi connectivity index (χ0v) is 27.7. The lowest BCUT2D eigenvalue weighted by Crippen LogP contribution is -2.25. The van der Waals surface area contributed by atoms with Gasteiger partial charge in [-0.1, -0.05) is 133 Å². The first kappa shape index (κ1) is 27.7. The minimum Gasteiger partial charge on any atom is -0.208 e. The Morgan fingerprint density at radius 1 is 0.340 bits per heavy atom. The molecule has 2 aromatic heterocycles. The van der Waals surface area contributed by atoms with E-state index in [9.17, 15) is 0 Å². The molecular weight excluding hydrogens is 627 g/mol. The van der Waals surface area contributed by atoms with Crippen LogP contribution in [0, 0.1) is 0 Å². The second kappa shape index (κ2) is 10.4. The van der Waals surface area contributed by atoms with Crippen LogP contribution in [0.25, 0.3) is 76.6 Å². The van der Waals surface area contributed by atoms with Gasteiger partial charge in [0.25, 0.3) is 0 Å². The molecule has 50 heavy (non-hydrogen) atoms. The summed E-state index contributed by atoms with van der Waals surface area (Å²) in [5, 5.41) is 2.48. The van der Waals surface area contributed by atoms with E-state index in [0.717, 1.165) is 16.7 Å². The maximum atomic E-state index is 5.19. The molecule has 0 amide bonds. The Labute approximate surface area is 293 Å². The van der Waals surface area contributed by atoms with Crippen LogP contribution < -0.4 is 0 Å². The Morgan fingerprint density at radius 2 is 0.820 bits per heavy atom. The summed E-state index contributed by atoms with van der Waals surface area (Å²) in [6.45, 7) is 0. The summed E-state index contributed by atoms with van der Waals surface area (Å²) in [5.41, 5.74) is 12.9. The zero-order valence-electron chi connectivity index (χ0n) is 26.8. The second-order valence-corrected chi connectivity index (χ2v) is 14.2. The lowest BCUT2D eigenvalue weighted by atomic mass is 9.70. The number of benzene rings is 7. The van der Waals surface area contributed by atoms with Crippen LogP contribution in [-0.4, -0.2) is 15.0 Å². The van der Waals surface area contributed by atoms with Gasteiger partial charge in [0, 0.05) is 36.9 Å². The summed E-state index contributed by atoms with van der Waals surface area (Å²) in [7, 11) is 0. The lowest BCUT2D eigenvalue weighted by molar-refractivity contribution is 0.794. The quantitative estimate of drug-likeness (QED) is 0.190. The van der Waals surface area contributed by atoms with E-state index in [1.807, 2.05) is 29.5 Å². The maximum absolute atomic E-state index is 5.19. The van der Waals surface area contributed by atoms with E-state index in [1.165, 1.54) is 64.7 Å². The van der Waals surface area contributed by atoms with Crippen LogP contribution in [-0.2, 0) is 5.41 Å². The van der Waals surface area contributed by atoms with E-state index < -0.39 is 0 Å². The number of aromatic nitrogens is 3. The van der Waals surface area contributed by atoms with E-state index in [1.54, 1.807) is 0 Å². The van der Waals surface area contributed by atoms with Gasteiger partial charge in [-0.25, -0.2) is 15.0 Å². The predicted octanol–water partition coefficient (Wildman–Crippen LogP) is 11.6. The topological polar surface area (TPSA) is 38.7 Å². The molecule has 232 valence electrons. The van der Waals surface area contributed by atoms with Crippen molar-refractivity contribution < 1.29 is 0 Å². The highest BCUT2D eigenvalue weighted by Crippen LogP contribution is 2.62. The van der Waals surface area contributed by atoms with Gasteiger partial charge in [-0.2, -0.15) is 0 Å². The largest absolute Gasteiger partial charge is 0.208 e. The molecule has 2 aliphatic rings. The van der Waals surface area contributed by atoms with Crippen LogP contribution in [0.3, 0.4) is 0 Å². The normalized spacial score (nSPS) is 13.4. The number of hydrogen-bond acceptors (Lipinski definition) is 4. The zero-order chi connectivity index (χ0) is 32.8. The molecule has 9 aromatic rings. The highest BCUT2D eigenvalue weighted by atomic mass is 32.1. The summed E-state index contributed by atoms with van der Waals surface area (Å²) < 4.78 is 2.54. The Hall–Kier alpha value is -6.23. The van der Waals surface area contributed by atoms with Gasteiger partial charge in [0.15, 0.2) is 17.5 Å². The van der Waals surface area contributed by atoms with Crippen molar-refractivity contribution in [1.29, 1.82) is 0 Å². The third kappa shape index (κ3) is 3.77. The molecule has 0 unspecified atom stereocenters. The molecule has 0 bridgehead atoms. The van der Waals surface area contributed by atoms with Crippen molar-refractivity contribution >= 4 is 31.5 Å². The van der Waals surface area contributed by atoms with E-state index in [2.05, 4.69) is 146 Å². The van der Waals surface area contributed by atoms with Crippen molar-refractivity contribution in [2.45, 2.75) is 5.41 Å². The van der Waals surface area contributed by atoms with Crippen molar-refractivity contribution in [3.05, 3.63) is 186 Å². The Morgan fingerprint density at radius 3 is 1.50 bits per heavy atom. The maximum Gasteiger partial charge on any atom is 0.164 e. The molecule has 0 atom stereocenters. The number of fused-ring (bicyclic) bond motifs is 13. The predicted molar refractivity (Wildman–Crippen MR) is 205 cm³/mol. The van der Waals surface area contributed by atoms with Crippen LogP contribution in [0.4, 0.5) is 0 Å². The molecule has 1 spiro atoms. The molecule has 0 fully saturated rings. The van der Waals surface area contributed by atoms with E-state index >= 15 is 0 Å². The average molecular weight is 654 g/mol. The molecule has 2 aliphatic carbocycles. The Kier molecular flexibility index (Phi) is 5.75. The summed E-state index contributed by atoms with van der Waals surface area (Å²) in [6, 6.07) is 58.9. The highest BCUT2D eigenvalue weighted by Gasteiger charge is 2.51. The molecule has 7 aromatic carbocycles. The summed E-state index contributed by atoms with van der Waals surface area (Å²) in [6.07, 6.45) is 0. The van der Waals surface area contributed by atoms with Gasteiger partial charge in [0.1, 0.15) is 0 Å². The first-order valence-electron chi connectivity index (χ1n) is 16.9.